The molecular formula is C23H23N3O3S. The van der Waals surface area contributed by atoms with Crippen LogP contribution < -0.4 is 14.9 Å². The molecule has 0 aliphatic heterocycles. The molecule has 0 unspecified atom stereocenters. The van der Waals surface area contributed by atoms with Crippen molar-refractivity contribution in [2.45, 2.75) is 4.90 Å². The van der Waals surface area contributed by atoms with Crippen LogP contribution in [0.15, 0.2) is 96.4 Å². The maximum absolute atomic E-state index is 12.8. The van der Waals surface area contributed by atoms with Gasteiger partial charge in [0.2, 0.25) is 10.0 Å². The quantitative estimate of drug-likeness (QED) is 0.535. The van der Waals surface area contributed by atoms with Gasteiger partial charge >= 0.3 is 0 Å². The Morgan fingerprint density at radius 3 is 2.27 bits per heavy atom. The predicted molar refractivity (Wildman–Crippen MR) is 121 cm³/mol. The molecule has 0 bridgehead atoms. The Kier molecular flexibility index (Phi) is 6.66. The fraction of sp³-hybridized carbons (Fsp3) is 0.0870. The van der Waals surface area contributed by atoms with Gasteiger partial charge in [-0.15, -0.1) is 6.58 Å². The normalized spacial score (nSPS) is 11.0. The summed E-state index contributed by atoms with van der Waals surface area (Å²) in [6, 6.07) is 23.1. The summed E-state index contributed by atoms with van der Waals surface area (Å²) in [7, 11) is -1.71. The number of hydrogen-bond donors (Lipinski definition) is 2. The van der Waals surface area contributed by atoms with Crippen molar-refractivity contribution in [3.8, 4) is 0 Å². The smallest absolute Gasteiger partial charge is 0.255 e. The fourth-order valence-electron chi connectivity index (χ4n) is 2.89. The molecular weight excluding hydrogens is 398 g/mol. The highest BCUT2D eigenvalue weighted by Gasteiger charge is 2.15. The van der Waals surface area contributed by atoms with E-state index in [0.29, 0.717) is 11.3 Å². The SMILES string of the molecule is C=CCNS(=O)(=O)c1ccc(C(=O)Nc2ccccc2N(C)c2ccccc2)cc1. The second-order valence-corrected chi connectivity index (χ2v) is 8.30. The van der Waals surface area contributed by atoms with E-state index in [1.165, 1.54) is 30.3 Å². The van der Waals surface area contributed by atoms with Crippen LogP contribution in [0.2, 0.25) is 0 Å². The first-order valence-electron chi connectivity index (χ1n) is 9.32. The molecule has 7 heteroatoms. The van der Waals surface area contributed by atoms with E-state index in [1.54, 1.807) is 0 Å². The van der Waals surface area contributed by atoms with E-state index >= 15 is 0 Å². The van der Waals surface area contributed by atoms with Crippen LogP contribution >= 0.6 is 0 Å². The zero-order valence-electron chi connectivity index (χ0n) is 16.6. The van der Waals surface area contributed by atoms with Gasteiger partial charge in [0, 0.05) is 24.8 Å². The van der Waals surface area contributed by atoms with Gasteiger partial charge in [-0.2, -0.15) is 0 Å². The van der Waals surface area contributed by atoms with Crippen molar-refractivity contribution in [1.29, 1.82) is 0 Å². The van der Waals surface area contributed by atoms with E-state index in [-0.39, 0.29) is 17.3 Å². The molecule has 1 amide bonds. The number of hydrogen-bond acceptors (Lipinski definition) is 4. The molecule has 3 aromatic carbocycles. The zero-order chi connectivity index (χ0) is 21.6. The third-order valence-corrected chi connectivity index (χ3v) is 5.94. The van der Waals surface area contributed by atoms with Gasteiger partial charge < -0.3 is 10.2 Å². The minimum absolute atomic E-state index is 0.0881. The molecule has 2 N–H and O–H groups in total. The second-order valence-electron chi connectivity index (χ2n) is 6.53. The first-order chi connectivity index (χ1) is 14.4. The van der Waals surface area contributed by atoms with Crippen LogP contribution in [-0.2, 0) is 10.0 Å². The summed E-state index contributed by atoms with van der Waals surface area (Å²) in [5, 5.41) is 2.91. The molecule has 30 heavy (non-hydrogen) atoms. The van der Waals surface area contributed by atoms with Gasteiger partial charge in [-0.3, -0.25) is 4.79 Å². The van der Waals surface area contributed by atoms with Gasteiger partial charge in [0.25, 0.3) is 5.91 Å². The lowest BCUT2D eigenvalue weighted by Gasteiger charge is -2.22. The third-order valence-electron chi connectivity index (χ3n) is 4.50. The Bertz CT molecular complexity index is 1130. The predicted octanol–water partition coefficient (Wildman–Crippen LogP) is 4.17. The van der Waals surface area contributed by atoms with Crippen LogP contribution in [0, 0.1) is 0 Å². The highest BCUT2D eigenvalue weighted by Crippen LogP contribution is 2.30. The van der Waals surface area contributed by atoms with Gasteiger partial charge in [0.1, 0.15) is 0 Å². The van der Waals surface area contributed by atoms with Crippen molar-refractivity contribution in [3.05, 3.63) is 97.1 Å². The maximum Gasteiger partial charge on any atom is 0.255 e. The number of carbonyl (C=O) groups is 1. The third kappa shape index (κ3) is 4.94. The molecule has 154 valence electrons. The van der Waals surface area contributed by atoms with Crippen LogP contribution in [0.1, 0.15) is 10.4 Å². The van der Waals surface area contributed by atoms with Crippen LogP contribution in [0.5, 0.6) is 0 Å². The minimum Gasteiger partial charge on any atom is -0.343 e. The fourth-order valence-corrected chi connectivity index (χ4v) is 3.89. The lowest BCUT2D eigenvalue weighted by Crippen LogP contribution is -2.23. The summed E-state index contributed by atoms with van der Waals surface area (Å²) < 4.78 is 26.7. The number of rotatable bonds is 8. The minimum atomic E-state index is -3.63. The molecule has 0 radical (unpaired) electrons. The summed E-state index contributed by atoms with van der Waals surface area (Å²) in [5.74, 6) is -0.327. The zero-order valence-corrected chi connectivity index (χ0v) is 17.4. The van der Waals surface area contributed by atoms with Gasteiger partial charge in [0.15, 0.2) is 0 Å². The molecule has 0 saturated carbocycles. The Morgan fingerprint density at radius 2 is 1.60 bits per heavy atom. The van der Waals surface area contributed by atoms with Crippen LogP contribution in [-0.4, -0.2) is 27.9 Å². The molecule has 0 aliphatic rings. The first kappa shape index (κ1) is 21.3. The first-order valence-corrected chi connectivity index (χ1v) is 10.8. The summed E-state index contributed by atoms with van der Waals surface area (Å²) >= 11 is 0. The number of benzene rings is 3. The van der Waals surface area contributed by atoms with Gasteiger partial charge in [0.05, 0.1) is 16.3 Å². The van der Waals surface area contributed by atoms with Gasteiger partial charge in [-0.1, -0.05) is 36.4 Å². The monoisotopic (exact) mass is 421 g/mol. The molecule has 0 atom stereocenters. The Morgan fingerprint density at radius 1 is 0.967 bits per heavy atom. The highest BCUT2D eigenvalue weighted by molar-refractivity contribution is 7.89. The number of nitrogens with one attached hydrogen (secondary N) is 2. The van der Waals surface area contributed by atoms with E-state index in [9.17, 15) is 13.2 Å². The number of anilines is 3. The van der Waals surface area contributed by atoms with Gasteiger partial charge in [-0.05, 0) is 48.5 Å². The summed E-state index contributed by atoms with van der Waals surface area (Å²) in [6.07, 6.45) is 1.46. The van der Waals surface area contributed by atoms with E-state index < -0.39 is 10.0 Å². The molecule has 0 fully saturated rings. The molecule has 0 spiro atoms. The molecule has 0 aliphatic carbocycles. The van der Waals surface area contributed by atoms with E-state index in [0.717, 1.165) is 11.4 Å². The number of sulfonamides is 1. The number of carbonyl (C=O) groups excluding carboxylic acids is 1. The summed E-state index contributed by atoms with van der Waals surface area (Å²) in [6.45, 7) is 3.63. The second kappa shape index (κ2) is 9.39. The van der Waals surface area contributed by atoms with E-state index in [1.807, 2.05) is 66.5 Å². The van der Waals surface area contributed by atoms with E-state index in [2.05, 4.69) is 16.6 Å². The van der Waals surface area contributed by atoms with Crippen molar-refractivity contribution in [3.63, 3.8) is 0 Å². The number of para-hydroxylation sites is 3. The standard InChI is InChI=1S/C23H23N3O3S/c1-3-17-24-30(28,29)20-15-13-18(14-16-20)23(27)25-21-11-7-8-12-22(21)26(2)19-9-5-4-6-10-19/h3-16,24H,1,17H2,2H3,(H,25,27). The Hall–Kier alpha value is -3.42. The summed E-state index contributed by atoms with van der Waals surface area (Å²) in [4.78, 5) is 14.8. The lowest BCUT2D eigenvalue weighted by molar-refractivity contribution is 0.102. The van der Waals surface area contributed by atoms with Crippen LogP contribution in [0.4, 0.5) is 17.1 Å². The topological polar surface area (TPSA) is 78.5 Å². The molecule has 0 heterocycles. The summed E-state index contributed by atoms with van der Waals surface area (Å²) in [5.41, 5.74) is 2.83. The number of nitrogens with zero attached hydrogens (tertiary/aromatic N) is 1. The highest BCUT2D eigenvalue weighted by atomic mass is 32.2. The van der Waals surface area contributed by atoms with Crippen molar-refractivity contribution >= 4 is 33.0 Å². The maximum atomic E-state index is 12.8. The van der Waals surface area contributed by atoms with Crippen molar-refractivity contribution in [2.75, 3.05) is 23.8 Å². The molecule has 0 saturated heterocycles. The Labute approximate surface area is 176 Å². The Balaban J connectivity index is 1.79. The molecule has 0 aromatic heterocycles. The van der Waals surface area contributed by atoms with Crippen molar-refractivity contribution < 1.29 is 13.2 Å². The van der Waals surface area contributed by atoms with Gasteiger partial charge in [-0.25, -0.2) is 13.1 Å². The largest absolute Gasteiger partial charge is 0.343 e. The van der Waals surface area contributed by atoms with Crippen LogP contribution in [0.25, 0.3) is 0 Å². The van der Waals surface area contributed by atoms with Crippen LogP contribution in [0.3, 0.4) is 0 Å². The molecule has 6 nitrogen and oxygen atoms in total. The lowest BCUT2D eigenvalue weighted by atomic mass is 10.2. The average Bonchev–Trinajstić information content (AvgIpc) is 2.78. The van der Waals surface area contributed by atoms with Crippen molar-refractivity contribution in [1.82, 2.24) is 4.72 Å². The van der Waals surface area contributed by atoms with E-state index in [4.69, 9.17) is 0 Å². The molecule has 3 rings (SSSR count). The molecule has 3 aromatic rings. The average molecular weight is 422 g/mol. The number of amides is 1. The van der Waals surface area contributed by atoms with Crippen molar-refractivity contribution in [2.24, 2.45) is 0 Å².